The van der Waals surface area contributed by atoms with Gasteiger partial charge in [-0.15, -0.1) is 0 Å². The molecule has 1 aromatic carbocycles. The van der Waals surface area contributed by atoms with Crippen molar-refractivity contribution in [1.82, 2.24) is 4.98 Å². The number of pyridine rings is 1. The van der Waals surface area contributed by atoms with Gasteiger partial charge in [0.15, 0.2) is 0 Å². The SMILES string of the molecule is CC(C)(C)C(=O)Nc1ccncc1C(O)c1ccccc1F. The number of aliphatic hydroxyl groups excluding tert-OH is 1. The number of nitrogens with one attached hydrogen (secondary N) is 1. The average molecular weight is 302 g/mol. The number of benzene rings is 1. The number of carbonyl (C=O) groups is 1. The van der Waals surface area contributed by atoms with Crippen LogP contribution in [0.3, 0.4) is 0 Å². The Hall–Kier alpha value is -2.27. The summed E-state index contributed by atoms with van der Waals surface area (Å²) in [5.41, 5.74) is 0.335. The first-order valence-corrected chi connectivity index (χ1v) is 6.98. The summed E-state index contributed by atoms with van der Waals surface area (Å²) in [7, 11) is 0. The molecule has 2 rings (SSSR count). The minimum atomic E-state index is -1.20. The Morgan fingerprint density at radius 1 is 1.23 bits per heavy atom. The van der Waals surface area contributed by atoms with Crippen LogP contribution in [0.1, 0.15) is 38.0 Å². The molecule has 0 saturated carbocycles. The van der Waals surface area contributed by atoms with E-state index in [-0.39, 0.29) is 11.5 Å². The lowest BCUT2D eigenvalue weighted by molar-refractivity contribution is -0.123. The van der Waals surface area contributed by atoms with Crippen molar-refractivity contribution in [3.05, 3.63) is 59.7 Å². The fourth-order valence-corrected chi connectivity index (χ4v) is 1.91. The first kappa shape index (κ1) is 16.1. The molecular weight excluding hydrogens is 283 g/mol. The van der Waals surface area contributed by atoms with E-state index in [4.69, 9.17) is 0 Å². The van der Waals surface area contributed by atoms with Crippen LogP contribution in [-0.4, -0.2) is 16.0 Å². The summed E-state index contributed by atoms with van der Waals surface area (Å²) in [6, 6.07) is 7.57. The summed E-state index contributed by atoms with van der Waals surface area (Å²) < 4.78 is 13.8. The van der Waals surface area contributed by atoms with Gasteiger partial charge in [-0.3, -0.25) is 9.78 Å². The molecule has 0 aliphatic rings. The van der Waals surface area contributed by atoms with E-state index in [1.54, 1.807) is 39.0 Å². The molecule has 0 spiro atoms. The molecule has 0 radical (unpaired) electrons. The molecule has 2 N–H and O–H groups in total. The van der Waals surface area contributed by atoms with Crippen LogP contribution in [0, 0.1) is 11.2 Å². The van der Waals surface area contributed by atoms with Gasteiger partial charge in [0.25, 0.3) is 0 Å². The molecule has 1 amide bonds. The van der Waals surface area contributed by atoms with Crippen molar-refractivity contribution in [3.8, 4) is 0 Å². The topological polar surface area (TPSA) is 62.2 Å². The van der Waals surface area contributed by atoms with Gasteiger partial charge in [-0.05, 0) is 12.1 Å². The number of anilines is 1. The van der Waals surface area contributed by atoms with Gasteiger partial charge in [0.1, 0.15) is 11.9 Å². The Bertz CT molecular complexity index is 680. The molecule has 1 aromatic heterocycles. The molecule has 5 heteroatoms. The predicted molar refractivity (Wildman–Crippen MR) is 82.8 cm³/mol. The van der Waals surface area contributed by atoms with E-state index in [1.165, 1.54) is 24.5 Å². The maximum absolute atomic E-state index is 13.8. The van der Waals surface area contributed by atoms with Gasteiger partial charge in [-0.25, -0.2) is 4.39 Å². The van der Waals surface area contributed by atoms with Crippen LogP contribution in [-0.2, 0) is 4.79 Å². The van der Waals surface area contributed by atoms with Gasteiger partial charge >= 0.3 is 0 Å². The molecular formula is C17H19FN2O2. The highest BCUT2D eigenvalue weighted by Gasteiger charge is 2.24. The minimum Gasteiger partial charge on any atom is -0.383 e. The molecule has 0 aliphatic heterocycles. The highest BCUT2D eigenvalue weighted by atomic mass is 19.1. The molecule has 2 aromatic rings. The van der Waals surface area contributed by atoms with Crippen LogP contribution >= 0.6 is 0 Å². The standard InChI is InChI=1S/C17H19FN2O2/c1-17(2,3)16(22)20-14-8-9-19-10-12(14)15(21)11-6-4-5-7-13(11)18/h4-10,15,21H,1-3H3,(H,19,20,22). The van der Waals surface area contributed by atoms with Crippen LogP contribution in [0.2, 0.25) is 0 Å². The third kappa shape index (κ3) is 3.49. The fourth-order valence-electron chi connectivity index (χ4n) is 1.91. The molecule has 116 valence electrons. The third-order valence-corrected chi connectivity index (χ3v) is 3.28. The molecule has 1 heterocycles. The van der Waals surface area contributed by atoms with E-state index in [1.807, 2.05) is 0 Å². The van der Waals surface area contributed by atoms with Gasteiger partial charge in [-0.1, -0.05) is 39.0 Å². The Morgan fingerprint density at radius 3 is 2.55 bits per heavy atom. The van der Waals surface area contributed by atoms with Crippen LogP contribution in [0.5, 0.6) is 0 Å². The molecule has 0 bridgehead atoms. The highest BCUT2D eigenvalue weighted by Crippen LogP contribution is 2.30. The number of amides is 1. The largest absolute Gasteiger partial charge is 0.383 e. The Morgan fingerprint density at radius 2 is 1.91 bits per heavy atom. The Balaban J connectivity index is 2.37. The number of nitrogens with zero attached hydrogens (tertiary/aromatic N) is 1. The van der Waals surface area contributed by atoms with Gasteiger partial charge in [-0.2, -0.15) is 0 Å². The lowest BCUT2D eigenvalue weighted by atomic mass is 9.95. The van der Waals surface area contributed by atoms with E-state index >= 15 is 0 Å². The number of halogens is 1. The van der Waals surface area contributed by atoms with Crippen molar-refractivity contribution in [3.63, 3.8) is 0 Å². The summed E-state index contributed by atoms with van der Waals surface area (Å²) >= 11 is 0. The Kier molecular flexibility index (Phi) is 4.56. The predicted octanol–water partition coefficient (Wildman–Crippen LogP) is 3.29. The zero-order chi connectivity index (χ0) is 16.3. The summed E-state index contributed by atoms with van der Waals surface area (Å²) in [6.07, 6.45) is 1.73. The van der Waals surface area contributed by atoms with Crippen LogP contribution in [0.4, 0.5) is 10.1 Å². The van der Waals surface area contributed by atoms with E-state index < -0.39 is 17.3 Å². The van der Waals surface area contributed by atoms with Crippen molar-refractivity contribution in [2.75, 3.05) is 5.32 Å². The monoisotopic (exact) mass is 302 g/mol. The lowest BCUT2D eigenvalue weighted by Crippen LogP contribution is -2.28. The summed E-state index contributed by atoms with van der Waals surface area (Å²) in [4.78, 5) is 16.1. The van der Waals surface area contributed by atoms with Crippen molar-refractivity contribution >= 4 is 11.6 Å². The molecule has 1 atom stereocenters. The number of hydrogen-bond donors (Lipinski definition) is 2. The second kappa shape index (κ2) is 6.23. The molecule has 0 saturated heterocycles. The van der Waals surface area contributed by atoms with Gasteiger partial charge < -0.3 is 10.4 Å². The van der Waals surface area contributed by atoms with Crippen LogP contribution in [0.25, 0.3) is 0 Å². The van der Waals surface area contributed by atoms with Crippen molar-refractivity contribution in [2.45, 2.75) is 26.9 Å². The summed E-state index contributed by atoms with van der Waals surface area (Å²) in [6.45, 7) is 5.36. The van der Waals surface area contributed by atoms with E-state index in [2.05, 4.69) is 10.3 Å². The van der Waals surface area contributed by atoms with E-state index in [0.717, 1.165) is 0 Å². The number of hydrogen-bond acceptors (Lipinski definition) is 3. The van der Waals surface area contributed by atoms with E-state index in [9.17, 15) is 14.3 Å². The molecule has 0 fully saturated rings. The minimum absolute atomic E-state index is 0.141. The van der Waals surface area contributed by atoms with Crippen molar-refractivity contribution in [1.29, 1.82) is 0 Å². The number of carbonyl (C=O) groups excluding carboxylic acids is 1. The maximum atomic E-state index is 13.8. The zero-order valence-corrected chi connectivity index (χ0v) is 12.8. The van der Waals surface area contributed by atoms with E-state index in [0.29, 0.717) is 11.3 Å². The van der Waals surface area contributed by atoms with Gasteiger partial charge in [0, 0.05) is 34.6 Å². The Labute approximate surface area is 129 Å². The summed E-state index contributed by atoms with van der Waals surface area (Å²) in [5.74, 6) is -0.701. The summed E-state index contributed by atoms with van der Waals surface area (Å²) in [5, 5.41) is 13.2. The zero-order valence-electron chi connectivity index (χ0n) is 12.8. The smallest absolute Gasteiger partial charge is 0.229 e. The fraction of sp³-hybridized carbons (Fsp3) is 0.294. The third-order valence-electron chi connectivity index (χ3n) is 3.28. The number of aromatic nitrogens is 1. The van der Waals surface area contributed by atoms with Crippen molar-refractivity contribution in [2.24, 2.45) is 5.41 Å². The van der Waals surface area contributed by atoms with Crippen LogP contribution in [0.15, 0.2) is 42.7 Å². The maximum Gasteiger partial charge on any atom is 0.229 e. The highest BCUT2D eigenvalue weighted by molar-refractivity contribution is 5.95. The molecule has 4 nitrogen and oxygen atoms in total. The quantitative estimate of drug-likeness (QED) is 0.914. The molecule has 22 heavy (non-hydrogen) atoms. The normalized spacial score (nSPS) is 12.8. The second-order valence-corrected chi connectivity index (χ2v) is 6.09. The second-order valence-electron chi connectivity index (χ2n) is 6.09. The number of aliphatic hydroxyl groups is 1. The lowest BCUT2D eigenvalue weighted by Gasteiger charge is -2.21. The number of rotatable bonds is 3. The average Bonchev–Trinajstić information content (AvgIpc) is 2.46. The van der Waals surface area contributed by atoms with Crippen molar-refractivity contribution < 1.29 is 14.3 Å². The first-order chi connectivity index (χ1) is 10.3. The molecule has 0 aliphatic carbocycles. The van der Waals surface area contributed by atoms with Gasteiger partial charge in [0.05, 0.1) is 0 Å². The van der Waals surface area contributed by atoms with Gasteiger partial charge in [0.2, 0.25) is 5.91 Å². The molecule has 1 unspecified atom stereocenters. The first-order valence-electron chi connectivity index (χ1n) is 6.98. The van der Waals surface area contributed by atoms with Crippen LogP contribution < -0.4 is 5.32 Å².